The van der Waals surface area contributed by atoms with Crippen LogP contribution in [-0.4, -0.2) is 16.5 Å². The number of halogens is 1. The SMILES string of the molecule is CCCNc1ncnc(Sc2ccccc2Br)c1C(C)C. The Morgan fingerprint density at radius 1 is 1.24 bits per heavy atom. The fourth-order valence-electron chi connectivity index (χ4n) is 2.00. The lowest BCUT2D eigenvalue weighted by Crippen LogP contribution is -2.08. The summed E-state index contributed by atoms with van der Waals surface area (Å²) in [5.41, 5.74) is 1.19. The van der Waals surface area contributed by atoms with E-state index >= 15 is 0 Å². The molecule has 5 heteroatoms. The Labute approximate surface area is 139 Å². The summed E-state index contributed by atoms with van der Waals surface area (Å²) in [5.74, 6) is 1.33. The molecule has 1 N–H and O–H groups in total. The molecule has 1 aromatic carbocycles. The molecule has 0 bridgehead atoms. The highest BCUT2D eigenvalue weighted by atomic mass is 79.9. The molecule has 21 heavy (non-hydrogen) atoms. The largest absolute Gasteiger partial charge is 0.370 e. The first-order chi connectivity index (χ1) is 10.1. The van der Waals surface area contributed by atoms with Gasteiger partial charge in [0.05, 0.1) is 0 Å². The normalized spacial score (nSPS) is 10.9. The van der Waals surface area contributed by atoms with E-state index in [0.29, 0.717) is 5.92 Å². The molecule has 0 spiro atoms. The number of hydrogen-bond donors (Lipinski definition) is 1. The van der Waals surface area contributed by atoms with Crippen LogP contribution in [0.5, 0.6) is 0 Å². The average Bonchev–Trinajstić information content (AvgIpc) is 2.47. The number of anilines is 1. The molecule has 2 rings (SSSR count). The number of aromatic nitrogens is 2. The second-order valence-electron chi connectivity index (χ2n) is 5.06. The second kappa shape index (κ2) is 7.80. The molecule has 0 aliphatic rings. The van der Waals surface area contributed by atoms with Gasteiger partial charge < -0.3 is 5.32 Å². The Bertz CT molecular complexity index is 602. The van der Waals surface area contributed by atoms with E-state index < -0.39 is 0 Å². The summed E-state index contributed by atoms with van der Waals surface area (Å²) in [5, 5.41) is 4.43. The summed E-state index contributed by atoms with van der Waals surface area (Å²) in [4.78, 5) is 10.1. The highest BCUT2D eigenvalue weighted by molar-refractivity contribution is 9.10. The minimum atomic E-state index is 0.371. The Morgan fingerprint density at radius 3 is 2.67 bits per heavy atom. The topological polar surface area (TPSA) is 37.8 Å². The van der Waals surface area contributed by atoms with E-state index in [1.165, 1.54) is 10.5 Å². The van der Waals surface area contributed by atoms with Gasteiger partial charge in [-0.15, -0.1) is 0 Å². The Hall–Kier alpha value is -1.07. The van der Waals surface area contributed by atoms with Crippen molar-refractivity contribution in [1.82, 2.24) is 9.97 Å². The van der Waals surface area contributed by atoms with Crippen LogP contribution in [0.25, 0.3) is 0 Å². The van der Waals surface area contributed by atoms with E-state index in [2.05, 4.69) is 64.1 Å². The van der Waals surface area contributed by atoms with Crippen LogP contribution in [0, 0.1) is 0 Å². The molecule has 0 radical (unpaired) electrons. The zero-order valence-corrected chi connectivity index (χ0v) is 15.0. The van der Waals surface area contributed by atoms with Gasteiger partial charge in [-0.1, -0.05) is 44.7 Å². The molecule has 0 saturated heterocycles. The van der Waals surface area contributed by atoms with Gasteiger partial charge in [-0.05, 0) is 40.4 Å². The quantitative estimate of drug-likeness (QED) is 0.701. The summed E-state index contributed by atoms with van der Waals surface area (Å²) >= 11 is 5.27. The lowest BCUT2D eigenvalue weighted by molar-refractivity contribution is 0.800. The standard InChI is InChI=1S/C16H20BrN3S/c1-4-9-18-15-14(11(2)3)16(20-10-19-15)21-13-8-6-5-7-12(13)17/h5-8,10-11H,4,9H2,1-3H3,(H,18,19,20). The molecule has 0 amide bonds. The highest BCUT2D eigenvalue weighted by Crippen LogP contribution is 2.38. The lowest BCUT2D eigenvalue weighted by Gasteiger charge is -2.16. The molecule has 0 aliphatic carbocycles. The summed E-state index contributed by atoms with van der Waals surface area (Å²) < 4.78 is 1.09. The van der Waals surface area contributed by atoms with Crippen molar-refractivity contribution in [2.75, 3.05) is 11.9 Å². The van der Waals surface area contributed by atoms with E-state index in [1.807, 2.05) is 12.1 Å². The molecule has 112 valence electrons. The van der Waals surface area contributed by atoms with Crippen molar-refractivity contribution >= 4 is 33.5 Å². The van der Waals surface area contributed by atoms with Gasteiger partial charge in [0.25, 0.3) is 0 Å². The van der Waals surface area contributed by atoms with Gasteiger partial charge in [-0.25, -0.2) is 9.97 Å². The minimum absolute atomic E-state index is 0.371. The van der Waals surface area contributed by atoms with Gasteiger partial charge >= 0.3 is 0 Å². The lowest BCUT2D eigenvalue weighted by atomic mass is 10.1. The molecule has 0 saturated carbocycles. The van der Waals surface area contributed by atoms with E-state index in [0.717, 1.165) is 28.3 Å². The van der Waals surface area contributed by atoms with Crippen molar-refractivity contribution in [1.29, 1.82) is 0 Å². The molecule has 3 nitrogen and oxygen atoms in total. The van der Waals surface area contributed by atoms with Crippen LogP contribution in [0.4, 0.5) is 5.82 Å². The molecular formula is C16H20BrN3S. The first-order valence-electron chi connectivity index (χ1n) is 7.14. The van der Waals surface area contributed by atoms with Gasteiger partial charge in [0.15, 0.2) is 0 Å². The maximum absolute atomic E-state index is 4.50. The van der Waals surface area contributed by atoms with Crippen LogP contribution in [0.15, 0.2) is 45.0 Å². The maximum atomic E-state index is 4.50. The molecule has 0 atom stereocenters. The molecular weight excluding hydrogens is 346 g/mol. The van der Waals surface area contributed by atoms with Crippen molar-refractivity contribution in [3.8, 4) is 0 Å². The third-order valence-corrected chi connectivity index (χ3v) is 5.06. The fourth-order valence-corrected chi connectivity index (χ4v) is 3.59. The van der Waals surface area contributed by atoms with Gasteiger partial charge in [0, 0.05) is 21.5 Å². The van der Waals surface area contributed by atoms with E-state index in [4.69, 9.17) is 0 Å². The minimum Gasteiger partial charge on any atom is -0.370 e. The van der Waals surface area contributed by atoms with Crippen molar-refractivity contribution in [2.24, 2.45) is 0 Å². The van der Waals surface area contributed by atoms with Crippen LogP contribution in [0.1, 0.15) is 38.7 Å². The first kappa shape index (κ1) is 16.3. The predicted molar refractivity (Wildman–Crippen MR) is 93.2 cm³/mol. The predicted octanol–water partition coefficient (Wildman–Crippen LogP) is 5.34. The van der Waals surface area contributed by atoms with Crippen molar-refractivity contribution in [2.45, 2.75) is 43.0 Å². The number of hydrogen-bond acceptors (Lipinski definition) is 4. The van der Waals surface area contributed by atoms with Crippen LogP contribution in [0.2, 0.25) is 0 Å². The summed E-state index contributed by atoms with van der Waals surface area (Å²) in [6.45, 7) is 7.44. The number of nitrogens with one attached hydrogen (secondary N) is 1. The molecule has 0 fully saturated rings. The van der Waals surface area contributed by atoms with E-state index in [1.54, 1.807) is 18.1 Å². The zero-order valence-electron chi connectivity index (χ0n) is 12.6. The number of nitrogens with zero attached hydrogens (tertiary/aromatic N) is 2. The maximum Gasteiger partial charge on any atom is 0.134 e. The van der Waals surface area contributed by atoms with Crippen molar-refractivity contribution in [3.05, 3.63) is 40.6 Å². The Morgan fingerprint density at radius 2 is 2.00 bits per heavy atom. The third kappa shape index (κ3) is 4.20. The fraction of sp³-hybridized carbons (Fsp3) is 0.375. The Balaban J connectivity index is 2.36. The number of rotatable bonds is 6. The van der Waals surface area contributed by atoms with Gasteiger partial charge in [-0.2, -0.15) is 0 Å². The van der Waals surface area contributed by atoms with Crippen molar-refractivity contribution in [3.63, 3.8) is 0 Å². The Kier molecular flexibility index (Phi) is 6.06. The van der Waals surface area contributed by atoms with E-state index in [-0.39, 0.29) is 0 Å². The van der Waals surface area contributed by atoms with E-state index in [9.17, 15) is 0 Å². The molecule has 2 aromatic rings. The summed E-state index contributed by atoms with van der Waals surface area (Å²) in [7, 11) is 0. The van der Waals surface area contributed by atoms with Crippen LogP contribution in [0.3, 0.4) is 0 Å². The molecule has 0 unspecified atom stereocenters. The molecule has 1 heterocycles. The average molecular weight is 366 g/mol. The van der Waals surface area contributed by atoms with Crippen LogP contribution in [-0.2, 0) is 0 Å². The summed E-state index contributed by atoms with van der Waals surface area (Å²) in [6, 6.07) is 8.21. The van der Waals surface area contributed by atoms with Gasteiger partial charge in [0.1, 0.15) is 17.2 Å². The van der Waals surface area contributed by atoms with Crippen LogP contribution >= 0.6 is 27.7 Å². The monoisotopic (exact) mass is 365 g/mol. The summed E-state index contributed by atoms with van der Waals surface area (Å²) in [6.07, 6.45) is 2.72. The second-order valence-corrected chi connectivity index (χ2v) is 6.94. The van der Waals surface area contributed by atoms with Crippen LogP contribution < -0.4 is 5.32 Å². The molecule has 1 aromatic heterocycles. The van der Waals surface area contributed by atoms with Gasteiger partial charge in [0.2, 0.25) is 0 Å². The number of benzene rings is 1. The molecule has 0 aliphatic heterocycles. The van der Waals surface area contributed by atoms with Gasteiger partial charge in [-0.3, -0.25) is 0 Å². The zero-order chi connectivity index (χ0) is 15.2. The van der Waals surface area contributed by atoms with Crippen molar-refractivity contribution < 1.29 is 0 Å². The highest BCUT2D eigenvalue weighted by Gasteiger charge is 2.16. The smallest absolute Gasteiger partial charge is 0.134 e. The first-order valence-corrected chi connectivity index (χ1v) is 8.75. The third-order valence-electron chi connectivity index (χ3n) is 3.01.